The molecule has 33 heavy (non-hydrogen) atoms. The van der Waals surface area contributed by atoms with Gasteiger partial charge in [0.05, 0.1) is 0 Å². The Morgan fingerprint density at radius 3 is 2.45 bits per heavy atom. The van der Waals surface area contributed by atoms with E-state index < -0.39 is 0 Å². The van der Waals surface area contributed by atoms with Crippen LogP contribution >= 0.6 is 11.6 Å². The zero-order valence-corrected chi connectivity index (χ0v) is 20.8. The Morgan fingerprint density at radius 2 is 1.88 bits per heavy atom. The molecule has 0 saturated carbocycles. The quantitative estimate of drug-likeness (QED) is 0.355. The van der Waals surface area contributed by atoms with Gasteiger partial charge in [-0.05, 0) is 81.9 Å². The van der Waals surface area contributed by atoms with Crippen LogP contribution in [-0.2, 0) is 0 Å². The molecule has 2 aromatic carbocycles. The normalized spacial score (nSPS) is 12.9. The summed E-state index contributed by atoms with van der Waals surface area (Å²) in [5.74, 6) is 0. The Balaban J connectivity index is 0.000000321. The van der Waals surface area contributed by atoms with Crippen LogP contribution in [-0.4, -0.2) is 49.9 Å². The molecule has 1 saturated heterocycles. The van der Waals surface area contributed by atoms with Gasteiger partial charge in [-0.25, -0.2) is 0 Å². The van der Waals surface area contributed by atoms with E-state index in [0.29, 0.717) is 5.71 Å². The lowest BCUT2D eigenvalue weighted by atomic mass is 10.1. The Morgan fingerprint density at radius 1 is 1.18 bits per heavy atom. The molecule has 1 aliphatic heterocycles. The van der Waals surface area contributed by atoms with E-state index in [-0.39, 0.29) is 0 Å². The van der Waals surface area contributed by atoms with Crippen molar-refractivity contribution < 1.29 is 0 Å². The zero-order valence-electron chi connectivity index (χ0n) is 20.0. The second-order valence-electron chi connectivity index (χ2n) is 8.12. The Bertz CT molecular complexity index is 888. The predicted molar refractivity (Wildman–Crippen MR) is 145 cm³/mol. The number of rotatable bonds is 11. The molecule has 1 aliphatic rings. The monoisotopic (exact) mass is 467 g/mol. The first-order chi connectivity index (χ1) is 15.9. The molecular weight excluding hydrogens is 430 g/mol. The average Bonchev–Trinajstić information content (AvgIpc) is 3.30. The van der Waals surface area contributed by atoms with Gasteiger partial charge in [0.15, 0.2) is 0 Å². The van der Waals surface area contributed by atoms with Gasteiger partial charge in [0.1, 0.15) is 0 Å². The molecule has 0 amide bonds. The molecule has 2 aromatic rings. The van der Waals surface area contributed by atoms with Gasteiger partial charge in [0.2, 0.25) is 0 Å². The van der Waals surface area contributed by atoms with Crippen molar-refractivity contribution in [2.75, 3.05) is 49.5 Å². The van der Waals surface area contributed by atoms with Crippen LogP contribution in [0.25, 0.3) is 0 Å². The van der Waals surface area contributed by atoms with E-state index >= 15 is 0 Å². The highest BCUT2D eigenvalue weighted by molar-refractivity contribution is 6.30. The molecule has 0 aliphatic carbocycles. The largest absolute Gasteiger partial charge is 0.386 e. The molecule has 3 rings (SSSR count). The van der Waals surface area contributed by atoms with Crippen LogP contribution in [0.5, 0.6) is 0 Å². The fourth-order valence-electron chi connectivity index (χ4n) is 3.72. The summed E-state index contributed by atoms with van der Waals surface area (Å²) in [6.45, 7) is 17.9. The third-order valence-electron chi connectivity index (χ3n) is 5.51. The highest BCUT2D eigenvalue weighted by Crippen LogP contribution is 2.16. The van der Waals surface area contributed by atoms with Crippen molar-refractivity contribution in [3.8, 4) is 0 Å². The summed E-state index contributed by atoms with van der Waals surface area (Å²) in [7, 11) is 0. The fraction of sp³-hybridized carbons (Fsp3) is 0.370. The highest BCUT2D eigenvalue weighted by Gasteiger charge is 2.12. The van der Waals surface area contributed by atoms with Crippen molar-refractivity contribution in [2.24, 2.45) is 0 Å². The molecule has 1 fully saturated rings. The van der Waals surface area contributed by atoms with E-state index in [1.54, 1.807) is 6.20 Å². The summed E-state index contributed by atoms with van der Waals surface area (Å²) in [4.78, 5) is 4.81. The highest BCUT2D eigenvalue weighted by atomic mass is 35.5. The van der Waals surface area contributed by atoms with E-state index in [1.807, 2.05) is 43.3 Å². The SMILES string of the molecule is C=C(CN1CCCC1)NCCN(CC)c1ccc(C(C)=N)cc1.C=CNc1cccc(Cl)c1. The fourth-order valence-corrected chi connectivity index (χ4v) is 3.91. The first kappa shape index (κ1) is 26.5. The molecule has 0 atom stereocenters. The van der Waals surface area contributed by atoms with Gasteiger partial charge in [-0.2, -0.15) is 0 Å². The lowest BCUT2D eigenvalue weighted by molar-refractivity contribution is 0.361. The van der Waals surface area contributed by atoms with Gasteiger partial charge in [-0.3, -0.25) is 4.90 Å². The van der Waals surface area contributed by atoms with Crippen LogP contribution in [0.1, 0.15) is 32.3 Å². The Kier molecular flexibility index (Phi) is 11.6. The molecule has 5 nitrogen and oxygen atoms in total. The van der Waals surface area contributed by atoms with Crippen LogP contribution in [0.15, 0.2) is 73.6 Å². The molecule has 0 radical (unpaired) electrons. The molecular formula is C27H38ClN5. The van der Waals surface area contributed by atoms with E-state index in [1.165, 1.54) is 31.6 Å². The number of hydrogen-bond donors (Lipinski definition) is 3. The standard InChI is InChI=1S/C19H30N4.C8H8ClN/c1-4-23(19-9-7-18(8-10-19)17(3)20)14-11-21-16(2)15-22-12-5-6-13-22;1-2-10-8-5-3-4-7(9)6-8/h7-10,20-21H,2,4-6,11-15H2,1,3H3;2-6,10H,1H2. The van der Waals surface area contributed by atoms with Crippen LogP contribution < -0.4 is 15.5 Å². The smallest absolute Gasteiger partial charge is 0.0426 e. The van der Waals surface area contributed by atoms with Crippen molar-refractivity contribution in [3.63, 3.8) is 0 Å². The van der Waals surface area contributed by atoms with Crippen molar-refractivity contribution in [2.45, 2.75) is 26.7 Å². The van der Waals surface area contributed by atoms with Crippen molar-refractivity contribution in [1.29, 1.82) is 5.41 Å². The van der Waals surface area contributed by atoms with Crippen LogP contribution in [0.4, 0.5) is 11.4 Å². The summed E-state index contributed by atoms with van der Waals surface area (Å²) >= 11 is 5.71. The van der Waals surface area contributed by atoms with E-state index in [2.05, 4.69) is 52.6 Å². The third kappa shape index (κ3) is 9.72. The van der Waals surface area contributed by atoms with Gasteiger partial charge < -0.3 is 20.9 Å². The number of likely N-dealkylation sites (tertiary alicyclic amines) is 1. The van der Waals surface area contributed by atoms with Gasteiger partial charge in [0.25, 0.3) is 0 Å². The topological polar surface area (TPSA) is 54.4 Å². The van der Waals surface area contributed by atoms with E-state index in [9.17, 15) is 0 Å². The van der Waals surface area contributed by atoms with Crippen LogP contribution in [0.2, 0.25) is 5.02 Å². The maximum Gasteiger partial charge on any atom is 0.0426 e. The summed E-state index contributed by atoms with van der Waals surface area (Å²) in [6.07, 6.45) is 4.26. The van der Waals surface area contributed by atoms with Crippen molar-refractivity contribution in [1.82, 2.24) is 10.2 Å². The Labute approximate surface area is 204 Å². The average molecular weight is 468 g/mol. The molecule has 178 valence electrons. The summed E-state index contributed by atoms with van der Waals surface area (Å²) < 4.78 is 0. The Hall–Kier alpha value is -2.76. The minimum atomic E-state index is 0.611. The first-order valence-corrected chi connectivity index (χ1v) is 12.0. The summed E-state index contributed by atoms with van der Waals surface area (Å²) in [6, 6.07) is 15.7. The zero-order chi connectivity index (χ0) is 24.1. The van der Waals surface area contributed by atoms with Crippen molar-refractivity contribution in [3.05, 3.63) is 84.2 Å². The first-order valence-electron chi connectivity index (χ1n) is 11.6. The number of halogens is 1. The molecule has 3 N–H and O–H groups in total. The van der Waals surface area contributed by atoms with E-state index in [0.717, 1.165) is 48.1 Å². The summed E-state index contributed by atoms with van der Waals surface area (Å²) in [5, 5.41) is 14.8. The third-order valence-corrected chi connectivity index (χ3v) is 5.75. The number of likely N-dealkylation sites (N-methyl/N-ethyl adjacent to an activating group) is 1. The van der Waals surface area contributed by atoms with Gasteiger partial charge in [-0.1, -0.05) is 43.0 Å². The van der Waals surface area contributed by atoms with Gasteiger partial charge in [0, 0.05) is 54.0 Å². The lowest BCUT2D eigenvalue weighted by Gasteiger charge is -2.25. The second kappa shape index (κ2) is 14.4. The van der Waals surface area contributed by atoms with E-state index in [4.69, 9.17) is 17.0 Å². The minimum absolute atomic E-state index is 0.611. The number of benzene rings is 2. The molecule has 0 aromatic heterocycles. The number of nitrogens with zero attached hydrogens (tertiary/aromatic N) is 2. The molecule has 6 heteroatoms. The molecule has 0 unspecified atom stereocenters. The maximum atomic E-state index is 7.67. The van der Waals surface area contributed by atoms with Crippen molar-refractivity contribution >= 4 is 28.7 Å². The maximum absolute atomic E-state index is 7.67. The van der Waals surface area contributed by atoms with Crippen LogP contribution in [0.3, 0.4) is 0 Å². The number of nitrogens with one attached hydrogen (secondary N) is 3. The van der Waals surface area contributed by atoms with Gasteiger partial charge in [-0.15, -0.1) is 0 Å². The van der Waals surface area contributed by atoms with Gasteiger partial charge >= 0.3 is 0 Å². The number of hydrogen-bond acceptors (Lipinski definition) is 5. The number of anilines is 2. The lowest BCUT2D eigenvalue weighted by Crippen LogP contribution is -2.34. The predicted octanol–water partition coefficient (Wildman–Crippen LogP) is 6.00. The molecule has 0 bridgehead atoms. The summed E-state index contributed by atoms with van der Waals surface area (Å²) in [5.41, 5.74) is 4.89. The molecule has 1 heterocycles. The second-order valence-corrected chi connectivity index (χ2v) is 8.56. The van der Waals surface area contributed by atoms with Crippen LogP contribution in [0, 0.1) is 5.41 Å². The molecule has 0 spiro atoms. The minimum Gasteiger partial charge on any atom is -0.386 e.